The quantitative estimate of drug-likeness (QED) is 0.146. The SMILES string of the molecule is CC1(C)CCN2CCC(C)(C)c3c2c1cc1cc(-c2ccc(/C=C/c4ccc(/C=C(/C#N)C(=O)O)s4)s2)c(=O)oc31. The first-order valence-electron chi connectivity index (χ1n) is 13.6. The van der Waals surface area contributed by atoms with Crippen LogP contribution in [0.2, 0.25) is 0 Å². The number of fused-ring (bicyclic) bond motifs is 2. The lowest BCUT2D eigenvalue weighted by molar-refractivity contribution is -0.132. The van der Waals surface area contributed by atoms with Gasteiger partial charge in [0.2, 0.25) is 0 Å². The molecule has 1 aromatic carbocycles. The van der Waals surface area contributed by atoms with Gasteiger partial charge in [-0.05, 0) is 83.9 Å². The molecule has 41 heavy (non-hydrogen) atoms. The number of thiophene rings is 2. The Morgan fingerprint density at radius 1 is 1.00 bits per heavy atom. The zero-order chi connectivity index (χ0) is 29.1. The number of hydrogen-bond acceptors (Lipinski definition) is 7. The standard InChI is InChI=1S/C33H30N2O4S2/c1-32(2)11-13-35-14-12-33(3,4)27-28(35)25(32)17-19-16-24(31(38)39-29(19)27)26-10-9-22(41-26)6-5-21-7-8-23(40-21)15-20(18-34)30(36)37/h5-10,15-17H,11-14H2,1-4H3,(H,36,37)/b6-5+,20-15-. The van der Waals surface area contributed by atoms with Gasteiger partial charge in [0.1, 0.15) is 17.2 Å². The van der Waals surface area contributed by atoms with E-state index in [0.717, 1.165) is 51.5 Å². The molecule has 0 atom stereocenters. The molecule has 6 nitrogen and oxygen atoms in total. The molecule has 3 aromatic heterocycles. The molecule has 0 unspecified atom stereocenters. The maximum Gasteiger partial charge on any atom is 0.346 e. The molecule has 208 valence electrons. The Morgan fingerprint density at radius 3 is 2.37 bits per heavy atom. The van der Waals surface area contributed by atoms with Crippen LogP contribution in [0.3, 0.4) is 0 Å². The molecule has 0 bridgehead atoms. The fourth-order valence-electron chi connectivity index (χ4n) is 5.89. The number of carboxylic acid groups (broad SMARTS) is 1. The third-order valence-corrected chi connectivity index (χ3v) is 10.4. The zero-order valence-electron chi connectivity index (χ0n) is 23.4. The van der Waals surface area contributed by atoms with Gasteiger partial charge in [-0.25, -0.2) is 9.59 Å². The molecule has 5 heterocycles. The van der Waals surface area contributed by atoms with Gasteiger partial charge in [0.25, 0.3) is 0 Å². The predicted molar refractivity (Wildman–Crippen MR) is 168 cm³/mol. The minimum Gasteiger partial charge on any atom is -0.477 e. The van der Waals surface area contributed by atoms with Crippen molar-refractivity contribution >= 4 is 63.5 Å². The second kappa shape index (κ2) is 9.86. The highest BCUT2D eigenvalue weighted by molar-refractivity contribution is 7.16. The van der Waals surface area contributed by atoms with Gasteiger partial charge in [-0.2, -0.15) is 5.26 Å². The van der Waals surface area contributed by atoms with Crippen molar-refractivity contribution in [3.63, 3.8) is 0 Å². The fourth-order valence-corrected chi connectivity index (χ4v) is 7.67. The van der Waals surface area contributed by atoms with E-state index in [1.807, 2.05) is 36.4 Å². The highest BCUT2D eigenvalue weighted by Crippen LogP contribution is 2.51. The highest BCUT2D eigenvalue weighted by Gasteiger charge is 2.42. The molecule has 0 radical (unpaired) electrons. The van der Waals surface area contributed by atoms with E-state index >= 15 is 0 Å². The number of benzene rings is 1. The number of hydrogen-bond donors (Lipinski definition) is 1. The molecule has 2 aliphatic rings. The molecule has 0 amide bonds. The van der Waals surface area contributed by atoms with E-state index < -0.39 is 5.97 Å². The number of nitrogens with zero attached hydrogens (tertiary/aromatic N) is 2. The van der Waals surface area contributed by atoms with Gasteiger partial charge in [-0.15, -0.1) is 22.7 Å². The maximum absolute atomic E-state index is 13.4. The molecule has 1 N–H and O–H groups in total. The van der Waals surface area contributed by atoms with E-state index in [1.54, 1.807) is 12.1 Å². The van der Waals surface area contributed by atoms with Gasteiger partial charge >= 0.3 is 11.6 Å². The number of rotatable bonds is 5. The van der Waals surface area contributed by atoms with E-state index in [-0.39, 0.29) is 22.0 Å². The van der Waals surface area contributed by atoms with Crippen molar-refractivity contribution in [3.8, 4) is 16.5 Å². The zero-order valence-corrected chi connectivity index (χ0v) is 25.0. The predicted octanol–water partition coefficient (Wildman–Crippen LogP) is 7.91. The van der Waals surface area contributed by atoms with Crippen LogP contribution in [0.1, 0.15) is 66.3 Å². The molecular weight excluding hydrogens is 553 g/mol. The molecular formula is C33H30N2O4S2. The van der Waals surface area contributed by atoms with Crippen LogP contribution in [0.4, 0.5) is 5.69 Å². The summed E-state index contributed by atoms with van der Waals surface area (Å²) >= 11 is 2.92. The maximum atomic E-state index is 13.4. The van der Waals surface area contributed by atoms with E-state index in [0.29, 0.717) is 16.0 Å². The summed E-state index contributed by atoms with van der Waals surface area (Å²) in [7, 11) is 0. The minimum atomic E-state index is -1.24. The number of carbonyl (C=O) groups is 1. The molecule has 0 saturated heterocycles. The summed E-state index contributed by atoms with van der Waals surface area (Å²) in [6, 6.07) is 13.6. The third kappa shape index (κ3) is 4.83. The average molecular weight is 583 g/mol. The van der Waals surface area contributed by atoms with Gasteiger partial charge in [-0.1, -0.05) is 27.7 Å². The van der Waals surface area contributed by atoms with Crippen molar-refractivity contribution in [2.24, 2.45) is 0 Å². The summed E-state index contributed by atoms with van der Waals surface area (Å²) in [6.45, 7) is 11.2. The van der Waals surface area contributed by atoms with Crippen LogP contribution < -0.4 is 10.5 Å². The summed E-state index contributed by atoms with van der Waals surface area (Å²) < 4.78 is 6.16. The van der Waals surface area contributed by atoms with Crippen molar-refractivity contribution in [1.29, 1.82) is 5.26 Å². The topological polar surface area (TPSA) is 94.5 Å². The van der Waals surface area contributed by atoms with Crippen LogP contribution in [0.15, 0.2) is 51.2 Å². The first-order valence-corrected chi connectivity index (χ1v) is 15.2. The van der Waals surface area contributed by atoms with E-state index in [2.05, 4.69) is 38.7 Å². The first-order chi connectivity index (χ1) is 19.5. The Labute approximate surface area is 246 Å². The lowest BCUT2D eigenvalue weighted by atomic mass is 9.69. The van der Waals surface area contributed by atoms with Crippen molar-refractivity contribution in [2.75, 3.05) is 18.0 Å². The Morgan fingerprint density at radius 2 is 1.66 bits per heavy atom. The van der Waals surface area contributed by atoms with E-state index in [9.17, 15) is 9.59 Å². The van der Waals surface area contributed by atoms with Gasteiger partial charge in [0.15, 0.2) is 0 Å². The molecule has 0 spiro atoms. The third-order valence-electron chi connectivity index (χ3n) is 8.32. The highest BCUT2D eigenvalue weighted by atomic mass is 32.1. The molecule has 6 rings (SSSR count). The number of anilines is 1. The van der Waals surface area contributed by atoms with Gasteiger partial charge in [0, 0.05) is 49.2 Å². The Kier molecular flexibility index (Phi) is 6.55. The van der Waals surface area contributed by atoms with Gasteiger partial charge in [-0.3, -0.25) is 0 Å². The van der Waals surface area contributed by atoms with Crippen LogP contribution >= 0.6 is 22.7 Å². The molecule has 0 aliphatic carbocycles. The van der Waals surface area contributed by atoms with Crippen LogP contribution in [0.5, 0.6) is 0 Å². The summed E-state index contributed by atoms with van der Waals surface area (Å²) in [5.74, 6) is -1.24. The first kappa shape index (κ1) is 27.3. The average Bonchev–Trinajstić information content (AvgIpc) is 3.58. The van der Waals surface area contributed by atoms with Gasteiger partial charge < -0.3 is 14.4 Å². The summed E-state index contributed by atoms with van der Waals surface area (Å²) in [4.78, 5) is 30.4. The molecule has 0 fully saturated rings. The Bertz CT molecular complexity index is 1870. The van der Waals surface area contributed by atoms with Crippen molar-refractivity contribution in [1.82, 2.24) is 0 Å². The molecule has 2 aliphatic heterocycles. The van der Waals surface area contributed by atoms with Crippen LogP contribution in [0.25, 0.3) is 39.6 Å². The summed E-state index contributed by atoms with van der Waals surface area (Å²) in [5.41, 5.74) is 4.38. The smallest absolute Gasteiger partial charge is 0.346 e. The normalized spacial score (nSPS) is 17.5. The van der Waals surface area contributed by atoms with Crippen molar-refractivity contribution in [3.05, 3.63) is 78.1 Å². The van der Waals surface area contributed by atoms with Gasteiger partial charge in [0.05, 0.1) is 5.56 Å². The summed E-state index contributed by atoms with van der Waals surface area (Å²) in [6.07, 6.45) is 7.40. The number of aliphatic carboxylic acids is 1. The fraction of sp³-hybridized carbons (Fsp3) is 0.303. The Hall–Kier alpha value is -3.93. The summed E-state index contributed by atoms with van der Waals surface area (Å²) in [5, 5.41) is 19.0. The minimum absolute atomic E-state index is 0.0423. The molecule has 0 saturated carbocycles. The molecule has 8 heteroatoms. The monoisotopic (exact) mass is 582 g/mol. The lowest BCUT2D eigenvalue weighted by Crippen LogP contribution is -2.44. The lowest BCUT2D eigenvalue weighted by Gasteiger charge is -2.48. The van der Waals surface area contributed by atoms with Crippen LogP contribution in [0, 0.1) is 11.3 Å². The molecule has 4 aromatic rings. The van der Waals surface area contributed by atoms with E-state index in [1.165, 1.54) is 40.0 Å². The second-order valence-corrected chi connectivity index (χ2v) is 14.3. The van der Waals surface area contributed by atoms with Crippen LogP contribution in [-0.2, 0) is 15.6 Å². The number of nitriles is 1. The van der Waals surface area contributed by atoms with Crippen molar-refractivity contribution < 1.29 is 14.3 Å². The van der Waals surface area contributed by atoms with E-state index in [4.69, 9.17) is 14.8 Å². The second-order valence-electron chi connectivity index (χ2n) is 12.0. The van der Waals surface area contributed by atoms with Crippen molar-refractivity contribution in [2.45, 2.75) is 51.4 Å². The Balaban J connectivity index is 1.36. The largest absolute Gasteiger partial charge is 0.477 e. The van der Waals surface area contributed by atoms with Crippen LogP contribution in [-0.4, -0.2) is 24.2 Å². The number of carboxylic acids is 1.